The number of aromatic hydroxyl groups is 1. The van der Waals surface area contributed by atoms with Crippen LogP contribution in [0.25, 0.3) is 0 Å². The van der Waals surface area contributed by atoms with Gasteiger partial charge in [0.25, 0.3) is 0 Å². The number of amides is 1. The fraction of sp³-hybridized carbons (Fsp3) is 0.560. The number of benzene rings is 1. The number of hydrogen-bond acceptors (Lipinski definition) is 9. The Morgan fingerprint density at radius 1 is 1.34 bits per heavy atom. The molecule has 0 saturated carbocycles. The van der Waals surface area contributed by atoms with Gasteiger partial charge in [-0.3, -0.25) is 14.4 Å². The third-order valence-electron chi connectivity index (χ3n) is 8.00. The first kappa shape index (κ1) is 23.8. The molecule has 2 aliphatic heterocycles. The molecule has 10 heteroatoms. The van der Waals surface area contributed by atoms with Gasteiger partial charge in [-0.1, -0.05) is 6.07 Å². The Labute approximate surface area is 202 Å². The normalized spacial score (nSPS) is 31.0. The van der Waals surface area contributed by atoms with E-state index in [-0.39, 0.29) is 49.1 Å². The number of piperidine rings is 1. The van der Waals surface area contributed by atoms with Gasteiger partial charge < -0.3 is 35.0 Å². The first-order valence-corrected chi connectivity index (χ1v) is 11.9. The Morgan fingerprint density at radius 3 is 2.86 bits per heavy atom. The number of likely N-dealkylation sites (N-methyl/N-ethyl adjacent to an activating group) is 1. The molecule has 1 spiro atoms. The molecule has 35 heavy (non-hydrogen) atoms. The molecule has 5 rings (SSSR count). The smallest absolute Gasteiger partial charge is 0.312 e. The number of aliphatic hydroxyl groups is 2. The highest BCUT2D eigenvalue weighted by molar-refractivity contribution is 5.87. The number of nitrogens with zero attached hydrogens (tertiary/aromatic N) is 1. The van der Waals surface area contributed by atoms with E-state index in [0.717, 1.165) is 17.7 Å². The molecule has 0 radical (unpaired) electrons. The number of hydrogen-bond donors (Lipinski definition) is 4. The van der Waals surface area contributed by atoms with Gasteiger partial charge in [-0.25, -0.2) is 0 Å². The van der Waals surface area contributed by atoms with E-state index >= 15 is 0 Å². The zero-order valence-corrected chi connectivity index (χ0v) is 19.7. The number of rotatable bonds is 7. The van der Waals surface area contributed by atoms with Crippen LogP contribution in [0, 0.1) is 0 Å². The number of carbonyl (C=O) groups is 3. The Bertz CT molecular complexity index is 1130. The first-order chi connectivity index (χ1) is 16.6. The minimum Gasteiger partial charge on any atom is -0.504 e. The summed E-state index contributed by atoms with van der Waals surface area (Å²) in [6.07, 6.45) is 0.485. The highest BCUT2D eigenvalue weighted by atomic mass is 16.6. The van der Waals surface area contributed by atoms with Crippen LogP contribution in [0.1, 0.15) is 43.7 Å². The highest BCUT2D eigenvalue weighted by Gasteiger charge is 2.72. The van der Waals surface area contributed by atoms with Crippen molar-refractivity contribution in [3.05, 3.63) is 35.1 Å². The second kappa shape index (κ2) is 8.32. The van der Waals surface area contributed by atoms with Crippen molar-refractivity contribution in [3.63, 3.8) is 0 Å². The summed E-state index contributed by atoms with van der Waals surface area (Å²) in [6.45, 7) is 1.92. The van der Waals surface area contributed by atoms with Crippen molar-refractivity contribution in [1.29, 1.82) is 0 Å². The van der Waals surface area contributed by atoms with E-state index in [0.29, 0.717) is 18.6 Å². The Morgan fingerprint density at radius 2 is 2.11 bits per heavy atom. The maximum atomic E-state index is 12.6. The van der Waals surface area contributed by atoms with Gasteiger partial charge in [-0.2, -0.15) is 0 Å². The first-order valence-electron chi connectivity index (χ1n) is 11.9. The molecule has 188 valence electrons. The summed E-state index contributed by atoms with van der Waals surface area (Å²) in [5.74, 6) is -1.04. The quantitative estimate of drug-likeness (QED) is 0.393. The van der Waals surface area contributed by atoms with Crippen LogP contribution in [0.4, 0.5) is 0 Å². The molecule has 1 saturated heterocycles. The van der Waals surface area contributed by atoms with Crippen LogP contribution in [-0.2, 0) is 31.0 Å². The molecule has 2 bridgehead atoms. The maximum absolute atomic E-state index is 12.6. The third kappa shape index (κ3) is 3.46. The van der Waals surface area contributed by atoms with E-state index < -0.39 is 35.1 Å². The number of Topliss-reactive ketones (excluding diaryl/α,β-unsaturated/α-hetero) is 1. The molecule has 2 heterocycles. The van der Waals surface area contributed by atoms with Crippen molar-refractivity contribution in [2.75, 3.05) is 20.1 Å². The van der Waals surface area contributed by atoms with Crippen molar-refractivity contribution in [1.82, 2.24) is 10.2 Å². The summed E-state index contributed by atoms with van der Waals surface area (Å²) in [6, 6.07) is 3.33. The van der Waals surface area contributed by atoms with Gasteiger partial charge in [0.15, 0.2) is 17.6 Å². The molecular formula is C25H30N2O8. The highest BCUT2D eigenvalue weighted by Crippen LogP contribution is 2.65. The van der Waals surface area contributed by atoms with Gasteiger partial charge in [-0.15, -0.1) is 0 Å². The number of likely N-dealkylation sites (tertiary alicyclic amines) is 1. The van der Waals surface area contributed by atoms with Crippen LogP contribution in [-0.4, -0.2) is 81.9 Å². The molecule has 4 N–H and O–H groups in total. The van der Waals surface area contributed by atoms with Crippen LogP contribution >= 0.6 is 0 Å². The second-order valence-electron chi connectivity index (χ2n) is 10.0. The number of esters is 1. The van der Waals surface area contributed by atoms with Crippen molar-refractivity contribution in [3.8, 4) is 11.5 Å². The van der Waals surface area contributed by atoms with Gasteiger partial charge in [0.05, 0.1) is 17.4 Å². The number of phenolic OH excluding ortho intramolecular Hbond substituents is 1. The summed E-state index contributed by atoms with van der Waals surface area (Å²) in [7, 11) is 1.99. The molecule has 4 aliphatic rings. The largest absolute Gasteiger partial charge is 0.504 e. The van der Waals surface area contributed by atoms with E-state index in [1.165, 1.54) is 6.92 Å². The lowest BCUT2D eigenvalue weighted by molar-refractivity contribution is -0.169. The number of ether oxygens (including phenoxy) is 2. The van der Waals surface area contributed by atoms with E-state index in [9.17, 15) is 29.7 Å². The maximum Gasteiger partial charge on any atom is 0.312 e. The lowest BCUT2D eigenvalue weighted by Crippen LogP contribution is -2.74. The summed E-state index contributed by atoms with van der Waals surface area (Å²) >= 11 is 0. The molecule has 2 aliphatic carbocycles. The molecule has 1 fully saturated rings. The molecule has 10 nitrogen and oxygen atoms in total. The van der Waals surface area contributed by atoms with Gasteiger partial charge >= 0.3 is 5.97 Å². The molecular weight excluding hydrogens is 456 g/mol. The lowest BCUT2D eigenvalue weighted by Gasteiger charge is -2.61. The summed E-state index contributed by atoms with van der Waals surface area (Å²) in [5.41, 5.74) is -0.169. The summed E-state index contributed by atoms with van der Waals surface area (Å²) in [4.78, 5) is 37.7. The van der Waals surface area contributed by atoms with E-state index in [1.807, 2.05) is 13.1 Å². The van der Waals surface area contributed by atoms with Gasteiger partial charge in [-0.05, 0) is 51.1 Å². The molecule has 1 aromatic rings. The second-order valence-corrected chi connectivity index (χ2v) is 10.0. The lowest BCUT2D eigenvalue weighted by atomic mass is 9.50. The van der Waals surface area contributed by atoms with Crippen LogP contribution in [0.5, 0.6) is 11.5 Å². The number of carbonyl (C=O) groups excluding carboxylic acids is 3. The predicted octanol–water partition coefficient (Wildman–Crippen LogP) is 0.0594. The van der Waals surface area contributed by atoms with Crippen LogP contribution in [0.15, 0.2) is 24.0 Å². The predicted molar refractivity (Wildman–Crippen MR) is 122 cm³/mol. The van der Waals surface area contributed by atoms with Gasteiger partial charge in [0.2, 0.25) is 5.91 Å². The summed E-state index contributed by atoms with van der Waals surface area (Å²) < 4.78 is 11.9. The van der Waals surface area contributed by atoms with Crippen LogP contribution in [0.3, 0.4) is 0 Å². The molecule has 1 aromatic carbocycles. The van der Waals surface area contributed by atoms with Crippen molar-refractivity contribution in [2.45, 2.75) is 68.3 Å². The Hall–Kier alpha value is -2.95. The average Bonchev–Trinajstić information content (AvgIpc) is 3.15. The van der Waals surface area contributed by atoms with Crippen molar-refractivity contribution < 1.29 is 39.2 Å². The molecule has 0 aromatic heterocycles. The van der Waals surface area contributed by atoms with Crippen LogP contribution in [0.2, 0.25) is 0 Å². The number of nitrogens with one attached hydrogen (secondary N) is 1. The molecule has 0 unspecified atom stereocenters. The van der Waals surface area contributed by atoms with E-state index in [4.69, 9.17) is 9.47 Å². The minimum atomic E-state index is -1.46. The Kier molecular flexibility index (Phi) is 5.65. The molecule has 5 atom stereocenters. The summed E-state index contributed by atoms with van der Waals surface area (Å²) in [5, 5.41) is 34.7. The molecule has 1 amide bonds. The van der Waals surface area contributed by atoms with Gasteiger partial charge in [0, 0.05) is 31.0 Å². The van der Waals surface area contributed by atoms with Crippen LogP contribution < -0.4 is 10.1 Å². The fourth-order valence-electron chi connectivity index (χ4n) is 6.39. The Balaban J connectivity index is 1.35. The average molecular weight is 487 g/mol. The van der Waals surface area contributed by atoms with E-state index in [2.05, 4.69) is 10.2 Å². The zero-order valence-electron chi connectivity index (χ0n) is 19.7. The number of ketones is 1. The standard InChI is InChI=1S/C25H30N2O8/c1-13(28)11-16(30)23(32)26-9-6-19(31)34-17-5-7-25(33)18-12-14-3-4-15(29)21-20(14)24(25,22(17)35-21)8-10-27(18)2/h3-5,16,18,22,29-30,33H,6-12H2,1-2H3,(H,26,32)/t16-,18+,22-,24-,25+/m0/s1. The fourth-order valence-corrected chi connectivity index (χ4v) is 6.39. The number of phenols is 1. The monoisotopic (exact) mass is 486 g/mol. The SMILES string of the molecule is CC(=O)C[C@H](O)C(=O)NCCC(=O)OC1=CC[C@@]2(O)[C@H]3Cc4ccc(O)c5c4[C@@]2(CCN3C)[C@H]1O5. The van der Waals surface area contributed by atoms with Crippen molar-refractivity contribution in [2.24, 2.45) is 0 Å². The zero-order chi connectivity index (χ0) is 25.1. The third-order valence-corrected chi connectivity index (χ3v) is 8.00. The van der Waals surface area contributed by atoms with E-state index in [1.54, 1.807) is 12.1 Å². The minimum absolute atomic E-state index is 0.00948. The van der Waals surface area contributed by atoms with Crippen molar-refractivity contribution >= 4 is 17.7 Å². The van der Waals surface area contributed by atoms with Gasteiger partial charge in [0.1, 0.15) is 17.6 Å². The number of aliphatic hydroxyl groups excluding tert-OH is 1. The topological polar surface area (TPSA) is 146 Å².